The fraction of sp³-hybridized carbons (Fsp3) is 0.385. The monoisotopic (exact) mass is 266 g/mol. The molecule has 0 aliphatic carbocycles. The van der Waals surface area contributed by atoms with Gasteiger partial charge in [-0.2, -0.15) is 0 Å². The number of rotatable bonds is 1. The second-order valence-corrected chi connectivity index (χ2v) is 6.00. The molecule has 0 radical (unpaired) electrons. The van der Waals surface area contributed by atoms with Crippen molar-refractivity contribution >= 4 is 22.6 Å². The van der Waals surface area contributed by atoms with E-state index < -0.39 is 11.1 Å². The van der Waals surface area contributed by atoms with Crippen LogP contribution in [0.1, 0.15) is 20.8 Å². The SMILES string of the molecule is CC(C)(C)Cn1c(=O)c(=O)[nH]c2cc(Cl)ccc21. The third-order valence-corrected chi connectivity index (χ3v) is 2.80. The van der Waals surface area contributed by atoms with Crippen LogP contribution in [0.15, 0.2) is 27.8 Å². The smallest absolute Gasteiger partial charge is 0.316 e. The first-order chi connectivity index (χ1) is 8.28. The first kappa shape index (κ1) is 12.9. The third-order valence-electron chi connectivity index (χ3n) is 2.57. The molecule has 18 heavy (non-hydrogen) atoms. The molecule has 1 N–H and O–H groups in total. The van der Waals surface area contributed by atoms with Crippen molar-refractivity contribution in [1.82, 2.24) is 9.55 Å². The van der Waals surface area contributed by atoms with Crippen LogP contribution in [0.25, 0.3) is 11.0 Å². The molecule has 0 amide bonds. The van der Waals surface area contributed by atoms with Crippen LogP contribution in [0.4, 0.5) is 0 Å². The predicted octanol–water partition coefficient (Wildman–Crippen LogP) is 2.39. The Kier molecular flexibility index (Phi) is 3.07. The molecule has 0 atom stereocenters. The van der Waals surface area contributed by atoms with E-state index in [2.05, 4.69) is 4.98 Å². The van der Waals surface area contributed by atoms with E-state index in [0.29, 0.717) is 22.6 Å². The number of nitrogens with zero attached hydrogens (tertiary/aromatic N) is 1. The molecule has 2 aromatic rings. The van der Waals surface area contributed by atoms with Gasteiger partial charge in [0.15, 0.2) is 0 Å². The molecule has 1 heterocycles. The van der Waals surface area contributed by atoms with E-state index in [9.17, 15) is 9.59 Å². The molecule has 0 saturated carbocycles. The summed E-state index contributed by atoms with van der Waals surface area (Å²) in [7, 11) is 0. The summed E-state index contributed by atoms with van der Waals surface area (Å²) < 4.78 is 1.50. The number of hydrogen-bond donors (Lipinski definition) is 1. The highest BCUT2D eigenvalue weighted by Crippen LogP contribution is 2.20. The van der Waals surface area contributed by atoms with E-state index in [1.807, 2.05) is 20.8 Å². The fourth-order valence-corrected chi connectivity index (χ4v) is 2.05. The standard InChI is InChI=1S/C13H15ClN2O2/c1-13(2,3)7-16-10-5-4-8(14)6-9(10)15-11(17)12(16)18/h4-6H,7H2,1-3H3,(H,15,17). The number of aromatic amines is 1. The molecular formula is C13H15ClN2O2. The van der Waals surface area contributed by atoms with E-state index in [1.54, 1.807) is 18.2 Å². The van der Waals surface area contributed by atoms with Gasteiger partial charge >= 0.3 is 11.1 Å². The molecule has 0 bridgehead atoms. The molecular weight excluding hydrogens is 252 g/mol. The minimum absolute atomic E-state index is 0.0931. The van der Waals surface area contributed by atoms with Crippen molar-refractivity contribution < 1.29 is 0 Å². The van der Waals surface area contributed by atoms with Crippen LogP contribution in [0.5, 0.6) is 0 Å². The highest BCUT2D eigenvalue weighted by Gasteiger charge is 2.16. The van der Waals surface area contributed by atoms with Gasteiger partial charge in [-0.3, -0.25) is 9.59 Å². The Labute approximate surface area is 109 Å². The van der Waals surface area contributed by atoms with Gasteiger partial charge in [-0.25, -0.2) is 0 Å². The molecule has 2 rings (SSSR count). The molecule has 0 spiro atoms. The Morgan fingerprint density at radius 2 is 1.94 bits per heavy atom. The summed E-state index contributed by atoms with van der Waals surface area (Å²) in [6.07, 6.45) is 0. The van der Waals surface area contributed by atoms with E-state index in [0.717, 1.165) is 0 Å². The Morgan fingerprint density at radius 3 is 2.56 bits per heavy atom. The lowest BCUT2D eigenvalue weighted by Gasteiger charge is -2.20. The molecule has 1 aromatic heterocycles. The zero-order valence-electron chi connectivity index (χ0n) is 10.6. The van der Waals surface area contributed by atoms with Crippen LogP contribution < -0.4 is 11.1 Å². The van der Waals surface area contributed by atoms with Crippen molar-refractivity contribution in [2.24, 2.45) is 5.41 Å². The summed E-state index contributed by atoms with van der Waals surface area (Å²) in [5.41, 5.74) is 0.0357. The average Bonchev–Trinajstić information content (AvgIpc) is 2.23. The van der Waals surface area contributed by atoms with Gasteiger partial charge in [0, 0.05) is 11.6 Å². The molecule has 4 nitrogen and oxygen atoms in total. The van der Waals surface area contributed by atoms with E-state index >= 15 is 0 Å². The average molecular weight is 267 g/mol. The van der Waals surface area contributed by atoms with Crippen molar-refractivity contribution in [3.05, 3.63) is 43.9 Å². The molecule has 0 unspecified atom stereocenters. The second kappa shape index (κ2) is 4.28. The lowest BCUT2D eigenvalue weighted by molar-refractivity contribution is 0.343. The Morgan fingerprint density at radius 1 is 1.28 bits per heavy atom. The Balaban J connectivity index is 2.81. The lowest BCUT2D eigenvalue weighted by atomic mass is 9.96. The molecule has 0 saturated heterocycles. The van der Waals surface area contributed by atoms with Crippen LogP contribution in [0.3, 0.4) is 0 Å². The number of nitrogens with one attached hydrogen (secondary N) is 1. The summed E-state index contributed by atoms with van der Waals surface area (Å²) in [5, 5.41) is 0.527. The zero-order valence-corrected chi connectivity index (χ0v) is 11.3. The lowest BCUT2D eigenvalue weighted by Crippen LogP contribution is -2.38. The van der Waals surface area contributed by atoms with E-state index in [4.69, 9.17) is 11.6 Å². The van der Waals surface area contributed by atoms with Crippen LogP contribution in [0.2, 0.25) is 5.02 Å². The Bertz CT molecular complexity index is 707. The van der Waals surface area contributed by atoms with Gasteiger partial charge in [-0.05, 0) is 23.6 Å². The maximum absolute atomic E-state index is 11.9. The molecule has 0 fully saturated rings. The quantitative estimate of drug-likeness (QED) is 0.806. The van der Waals surface area contributed by atoms with Crippen LogP contribution in [-0.4, -0.2) is 9.55 Å². The van der Waals surface area contributed by atoms with Crippen molar-refractivity contribution in [2.45, 2.75) is 27.3 Å². The molecule has 5 heteroatoms. The first-order valence-electron chi connectivity index (χ1n) is 5.70. The number of halogens is 1. The van der Waals surface area contributed by atoms with Crippen LogP contribution in [-0.2, 0) is 6.54 Å². The third kappa shape index (κ3) is 2.48. The van der Waals surface area contributed by atoms with Gasteiger partial charge in [0.2, 0.25) is 0 Å². The molecule has 0 aliphatic heterocycles. The summed E-state index contributed by atoms with van der Waals surface area (Å²) in [6, 6.07) is 5.11. The first-order valence-corrected chi connectivity index (χ1v) is 6.08. The van der Waals surface area contributed by atoms with Crippen molar-refractivity contribution in [3.8, 4) is 0 Å². The van der Waals surface area contributed by atoms with Crippen molar-refractivity contribution in [3.63, 3.8) is 0 Å². The molecule has 0 aliphatic rings. The maximum Gasteiger partial charge on any atom is 0.316 e. The Hall–Kier alpha value is -1.55. The minimum atomic E-state index is -0.617. The van der Waals surface area contributed by atoms with Crippen LogP contribution in [0, 0.1) is 5.41 Å². The topological polar surface area (TPSA) is 54.9 Å². The fourth-order valence-electron chi connectivity index (χ4n) is 1.88. The van der Waals surface area contributed by atoms with E-state index in [1.165, 1.54) is 4.57 Å². The van der Waals surface area contributed by atoms with Crippen molar-refractivity contribution in [2.75, 3.05) is 0 Å². The predicted molar refractivity (Wildman–Crippen MR) is 73.3 cm³/mol. The van der Waals surface area contributed by atoms with Gasteiger partial charge in [0.05, 0.1) is 11.0 Å². The summed E-state index contributed by atoms with van der Waals surface area (Å²) in [4.78, 5) is 26.1. The number of H-pyrrole nitrogens is 1. The van der Waals surface area contributed by atoms with Gasteiger partial charge < -0.3 is 9.55 Å². The highest BCUT2D eigenvalue weighted by atomic mass is 35.5. The van der Waals surface area contributed by atoms with Crippen LogP contribution >= 0.6 is 11.6 Å². The molecule has 96 valence electrons. The normalized spacial score (nSPS) is 12.0. The number of benzene rings is 1. The zero-order chi connectivity index (χ0) is 13.5. The second-order valence-electron chi connectivity index (χ2n) is 5.57. The number of fused-ring (bicyclic) bond motifs is 1. The summed E-state index contributed by atoms with van der Waals surface area (Å²) in [6.45, 7) is 6.53. The largest absolute Gasteiger partial charge is 0.316 e. The number of hydrogen-bond acceptors (Lipinski definition) is 2. The van der Waals surface area contributed by atoms with Gasteiger partial charge in [0.1, 0.15) is 0 Å². The van der Waals surface area contributed by atoms with E-state index in [-0.39, 0.29) is 5.41 Å². The van der Waals surface area contributed by atoms with Gasteiger partial charge in [-0.1, -0.05) is 32.4 Å². The van der Waals surface area contributed by atoms with Gasteiger partial charge in [0.25, 0.3) is 0 Å². The van der Waals surface area contributed by atoms with Crippen molar-refractivity contribution in [1.29, 1.82) is 0 Å². The summed E-state index contributed by atoms with van der Waals surface area (Å²) >= 11 is 5.89. The maximum atomic E-state index is 11.9. The molecule has 1 aromatic carbocycles. The summed E-state index contributed by atoms with van der Waals surface area (Å²) in [5.74, 6) is 0. The minimum Gasteiger partial charge on any atom is -0.316 e. The number of aromatic nitrogens is 2. The highest BCUT2D eigenvalue weighted by molar-refractivity contribution is 6.31. The van der Waals surface area contributed by atoms with Gasteiger partial charge in [-0.15, -0.1) is 0 Å².